The van der Waals surface area contributed by atoms with E-state index in [2.05, 4.69) is 6.92 Å². The molecule has 0 aromatic heterocycles. The van der Waals surface area contributed by atoms with Gasteiger partial charge in [-0.2, -0.15) is 0 Å². The number of hydrogen-bond acceptors (Lipinski definition) is 2. The summed E-state index contributed by atoms with van der Waals surface area (Å²) in [7, 11) is 0. The number of carbonyl (C=O) groups excluding carboxylic acids is 1. The van der Waals surface area contributed by atoms with Crippen molar-refractivity contribution in [1.82, 2.24) is 4.90 Å². The standard InChI is InChI=1S/C13H17NO2/c1-10-6-13(16)14(7-10)8-11-2-4-12(9-15)5-3-11/h2-5,10,15H,6-9H2,1H3. The van der Waals surface area contributed by atoms with Crippen molar-refractivity contribution in [1.29, 1.82) is 0 Å². The summed E-state index contributed by atoms with van der Waals surface area (Å²) < 4.78 is 0. The van der Waals surface area contributed by atoms with Crippen LogP contribution in [0.2, 0.25) is 0 Å². The van der Waals surface area contributed by atoms with E-state index in [1.54, 1.807) is 0 Å². The maximum Gasteiger partial charge on any atom is 0.223 e. The van der Waals surface area contributed by atoms with Gasteiger partial charge in [-0.15, -0.1) is 0 Å². The van der Waals surface area contributed by atoms with Gasteiger partial charge in [0.1, 0.15) is 0 Å². The Morgan fingerprint density at radius 3 is 2.44 bits per heavy atom. The Balaban J connectivity index is 2.01. The Hall–Kier alpha value is -1.35. The largest absolute Gasteiger partial charge is 0.392 e. The molecule has 16 heavy (non-hydrogen) atoms. The molecule has 1 aromatic carbocycles. The molecule has 1 fully saturated rings. The van der Waals surface area contributed by atoms with E-state index in [1.165, 1.54) is 0 Å². The zero-order valence-corrected chi connectivity index (χ0v) is 9.52. The average Bonchev–Trinajstić information content (AvgIpc) is 2.59. The van der Waals surface area contributed by atoms with Crippen LogP contribution in [0, 0.1) is 5.92 Å². The Morgan fingerprint density at radius 2 is 1.94 bits per heavy atom. The van der Waals surface area contributed by atoms with Gasteiger partial charge in [-0.1, -0.05) is 31.2 Å². The lowest BCUT2D eigenvalue weighted by molar-refractivity contribution is -0.128. The van der Waals surface area contributed by atoms with Gasteiger partial charge >= 0.3 is 0 Å². The lowest BCUT2D eigenvalue weighted by Crippen LogP contribution is -2.24. The third-order valence-electron chi connectivity index (χ3n) is 2.99. The second-order valence-corrected chi connectivity index (χ2v) is 4.56. The Bertz CT molecular complexity index is 372. The fourth-order valence-corrected chi connectivity index (χ4v) is 2.09. The van der Waals surface area contributed by atoms with Crippen LogP contribution in [0.4, 0.5) is 0 Å². The van der Waals surface area contributed by atoms with Crippen molar-refractivity contribution >= 4 is 5.91 Å². The van der Waals surface area contributed by atoms with Crippen molar-refractivity contribution in [3.05, 3.63) is 35.4 Å². The minimum Gasteiger partial charge on any atom is -0.392 e. The van der Waals surface area contributed by atoms with E-state index < -0.39 is 0 Å². The number of aliphatic hydroxyl groups is 1. The average molecular weight is 219 g/mol. The first kappa shape index (κ1) is 11.1. The van der Waals surface area contributed by atoms with Crippen molar-refractivity contribution in [2.45, 2.75) is 26.5 Å². The number of carbonyl (C=O) groups is 1. The molecule has 0 radical (unpaired) electrons. The molecule has 86 valence electrons. The molecule has 1 aliphatic rings. The number of nitrogens with zero attached hydrogens (tertiary/aromatic N) is 1. The van der Waals surface area contributed by atoms with E-state index >= 15 is 0 Å². The highest BCUT2D eigenvalue weighted by Crippen LogP contribution is 2.19. The van der Waals surface area contributed by atoms with Crippen LogP contribution in [0.3, 0.4) is 0 Å². The van der Waals surface area contributed by atoms with E-state index in [1.807, 2.05) is 29.2 Å². The van der Waals surface area contributed by atoms with Crippen LogP contribution in [0.15, 0.2) is 24.3 Å². The predicted octanol–water partition coefficient (Wildman–Crippen LogP) is 1.55. The molecule has 3 heteroatoms. The molecule has 1 aliphatic heterocycles. The van der Waals surface area contributed by atoms with Crippen molar-refractivity contribution in [3.8, 4) is 0 Å². The Kier molecular flexibility index (Phi) is 3.25. The van der Waals surface area contributed by atoms with Gasteiger partial charge in [0.05, 0.1) is 6.61 Å². The second kappa shape index (κ2) is 4.66. The molecule has 1 aromatic rings. The molecule has 1 N–H and O–H groups in total. The van der Waals surface area contributed by atoms with Crippen molar-refractivity contribution in [2.24, 2.45) is 5.92 Å². The summed E-state index contributed by atoms with van der Waals surface area (Å²) >= 11 is 0. The molecule has 1 saturated heterocycles. The van der Waals surface area contributed by atoms with E-state index in [9.17, 15) is 4.79 Å². The molecule has 1 amide bonds. The van der Waals surface area contributed by atoms with Crippen LogP contribution >= 0.6 is 0 Å². The van der Waals surface area contributed by atoms with Gasteiger partial charge in [-0.05, 0) is 17.0 Å². The molecule has 0 saturated carbocycles. The van der Waals surface area contributed by atoms with Crippen molar-refractivity contribution < 1.29 is 9.90 Å². The molecule has 2 rings (SSSR count). The molecule has 0 spiro atoms. The monoisotopic (exact) mass is 219 g/mol. The van der Waals surface area contributed by atoms with Gasteiger partial charge in [-0.25, -0.2) is 0 Å². The molecule has 1 heterocycles. The highest BCUT2D eigenvalue weighted by atomic mass is 16.3. The summed E-state index contributed by atoms with van der Waals surface area (Å²) in [6.07, 6.45) is 0.675. The first-order valence-electron chi connectivity index (χ1n) is 5.65. The first-order valence-corrected chi connectivity index (χ1v) is 5.65. The quantitative estimate of drug-likeness (QED) is 0.838. The van der Waals surface area contributed by atoms with Gasteiger partial charge < -0.3 is 10.0 Å². The number of benzene rings is 1. The summed E-state index contributed by atoms with van der Waals surface area (Å²) in [5, 5.41) is 8.92. The Labute approximate surface area is 95.7 Å². The smallest absolute Gasteiger partial charge is 0.223 e. The topological polar surface area (TPSA) is 40.5 Å². The lowest BCUT2D eigenvalue weighted by Gasteiger charge is -2.16. The minimum atomic E-state index is 0.0694. The first-order chi connectivity index (χ1) is 7.69. The molecule has 1 unspecified atom stereocenters. The zero-order chi connectivity index (χ0) is 11.5. The highest BCUT2D eigenvalue weighted by molar-refractivity contribution is 5.78. The molecule has 0 aliphatic carbocycles. The van der Waals surface area contributed by atoms with Gasteiger partial charge in [-0.3, -0.25) is 4.79 Å². The molecular weight excluding hydrogens is 202 g/mol. The third-order valence-corrected chi connectivity index (χ3v) is 2.99. The molecule has 3 nitrogen and oxygen atoms in total. The highest BCUT2D eigenvalue weighted by Gasteiger charge is 2.25. The van der Waals surface area contributed by atoms with Crippen LogP contribution in [0.25, 0.3) is 0 Å². The lowest BCUT2D eigenvalue weighted by atomic mass is 10.1. The van der Waals surface area contributed by atoms with Crippen LogP contribution in [-0.4, -0.2) is 22.5 Å². The minimum absolute atomic E-state index is 0.0694. The number of aliphatic hydroxyl groups excluding tert-OH is 1. The molecule has 1 atom stereocenters. The maximum atomic E-state index is 11.6. The van der Waals surface area contributed by atoms with E-state index in [4.69, 9.17) is 5.11 Å². The maximum absolute atomic E-state index is 11.6. The van der Waals surface area contributed by atoms with Crippen LogP contribution < -0.4 is 0 Å². The summed E-state index contributed by atoms with van der Waals surface area (Å²) in [5.74, 6) is 0.725. The van der Waals surface area contributed by atoms with Crippen molar-refractivity contribution in [2.75, 3.05) is 6.54 Å². The summed E-state index contributed by atoms with van der Waals surface area (Å²) in [6, 6.07) is 7.75. The van der Waals surface area contributed by atoms with E-state index in [0.717, 1.165) is 17.7 Å². The Morgan fingerprint density at radius 1 is 1.31 bits per heavy atom. The summed E-state index contributed by atoms with van der Waals surface area (Å²) in [6.45, 7) is 3.72. The molecule has 0 bridgehead atoms. The zero-order valence-electron chi connectivity index (χ0n) is 9.52. The normalized spacial score (nSPS) is 20.5. The second-order valence-electron chi connectivity index (χ2n) is 4.56. The van der Waals surface area contributed by atoms with Gasteiger partial charge in [0.2, 0.25) is 5.91 Å². The van der Waals surface area contributed by atoms with Crippen LogP contribution in [0.5, 0.6) is 0 Å². The van der Waals surface area contributed by atoms with E-state index in [0.29, 0.717) is 18.9 Å². The van der Waals surface area contributed by atoms with E-state index in [-0.39, 0.29) is 12.5 Å². The predicted molar refractivity (Wildman–Crippen MR) is 61.6 cm³/mol. The van der Waals surface area contributed by atoms with Crippen LogP contribution in [0.1, 0.15) is 24.5 Å². The number of rotatable bonds is 3. The summed E-state index contributed by atoms with van der Waals surface area (Å²) in [4.78, 5) is 13.5. The third kappa shape index (κ3) is 2.42. The van der Waals surface area contributed by atoms with Gasteiger partial charge in [0.25, 0.3) is 0 Å². The fourth-order valence-electron chi connectivity index (χ4n) is 2.09. The fraction of sp³-hybridized carbons (Fsp3) is 0.462. The van der Waals surface area contributed by atoms with Gasteiger partial charge in [0.15, 0.2) is 0 Å². The molecular formula is C13H17NO2. The number of hydrogen-bond donors (Lipinski definition) is 1. The van der Waals surface area contributed by atoms with Crippen LogP contribution in [-0.2, 0) is 17.9 Å². The SMILES string of the molecule is CC1CC(=O)N(Cc2ccc(CO)cc2)C1. The van der Waals surface area contributed by atoms with Crippen molar-refractivity contribution in [3.63, 3.8) is 0 Å². The van der Waals surface area contributed by atoms with Gasteiger partial charge in [0, 0.05) is 19.5 Å². The summed E-state index contributed by atoms with van der Waals surface area (Å²) in [5.41, 5.74) is 2.03. The number of likely N-dealkylation sites (tertiary alicyclic amines) is 1. The number of amides is 1.